The zero-order valence-corrected chi connectivity index (χ0v) is 18.5. The van der Waals surface area contributed by atoms with Gasteiger partial charge in [0.1, 0.15) is 11.7 Å². The lowest BCUT2D eigenvalue weighted by Crippen LogP contribution is -2.46. The zero-order valence-electron chi connectivity index (χ0n) is 18.5. The van der Waals surface area contributed by atoms with E-state index in [2.05, 4.69) is 68.3 Å². The SMILES string of the molecule is CC(C)N=C(N)c1ccc(N2CCN(c3ccc(C(N)=NC(C)C)cc3)CC2)cc1. The number of nitrogens with zero attached hydrogens (tertiary/aromatic N) is 4. The highest BCUT2D eigenvalue weighted by atomic mass is 15.3. The molecule has 0 atom stereocenters. The van der Waals surface area contributed by atoms with Crippen molar-refractivity contribution < 1.29 is 0 Å². The van der Waals surface area contributed by atoms with Crippen molar-refractivity contribution in [2.24, 2.45) is 21.5 Å². The Morgan fingerprint density at radius 2 is 0.933 bits per heavy atom. The smallest absolute Gasteiger partial charge is 0.125 e. The summed E-state index contributed by atoms with van der Waals surface area (Å²) in [6, 6.07) is 17.2. The van der Waals surface area contributed by atoms with Gasteiger partial charge in [-0.1, -0.05) is 0 Å². The molecule has 6 heteroatoms. The first-order chi connectivity index (χ1) is 14.3. The molecular weight excluding hydrogens is 372 g/mol. The minimum atomic E-state index is 0.200. The molecule has 30 heavy (non-hydrogen) atoms. The summed E-state index contributed by atoms with van der Waals surface area (Å²) in [4.78, 5) is 13.7. The van der Waals surface area contributed by atoms with Crippen LogP contribution in [0.3, 0.4) is 0 Å². The number of amidine groups is 2. The van der Waals surface area contributed by atoms with Gasteiger partial charge in [0.05, 0.1) is 0 Å². The molecule has 4 N–H and O–H groups in total. The summed E-state index contributed by atoms with van der Waals surface area (Å²) < 4.78 is 0. The minimum Gasteiger partial charge on any atom is -0.383 e. The molecule has 0 aliphatic carbocycles. The molecule has 2 aromatic rings. The second kappa shape index (κ2) is 9.65. The van der Waals surface area contributed by atoms with Gasteiger partial charge in [0.25, 0.3) is 0 Å². The molecule has 0 bridgehead atoms. The van der Waals surface area contributed by atoms with E-state index in [9.17, 15) is 0 Å². The highest BCUT2D eigenvalue weighted by molar-refractivity contribution is 5.98. The molecule has 1 saturated heterocycles. The monoisotopic (exact) mass is 406 g/mol. The van der Waals surface area contributed by atoms with Crippen molar-refractivity contribution in [1.29, 1.82) is 0 Å². The van der Waals surface area contributed by atoms with Gasteiger partial charge in [0.15, 0.2) is 0 Å². The average Bonchev–Trinajstić information content (AvgIpc) is 2.73. The van der Waals surface area contributed by atoms with E-state index >= 15 is 0 Å². The van der Waals surface area contributed by atoms with Crippen molar-refractivity contribution >= 4 is 23.0 Å². The molecule has 0 unspecified atom stereocenters. The largest absolute Gasteiger partial charge is 0.383 e. The van der Waals surface area contributed by atoms with E-state index < -0.39 is 0 Å². The second-order valence-electron chi connectivity index (χ2n) is 8.28. The number of rotatable bonds is 6. The van der Waals surface area contributed by atoms with E-state index in [0.29, 0.717) is 11.7 Å². The summed E-state index contributed by atoms with van der Waals surface area (Å²) in [7, 11) is 0. The first-order valence-electron chi connectivity index (χ1n) is 10.7. The first-order valence-corrected chi connectivity index (χ1v) is 10.7. The van der Waals surface area contributed by atoms with E-state index in [1.807, 2.05) is 27.7 Å². The Morgan fingerprint density at radius 1 is 0.633 bits per heavy atom. The summed E-state index contributed by atoms with van der Waals surface area (Å²) in [5.74, 6) is 1.20. The van der Waals surface area contributed by atoms with Gasteiger partial charge < -0.3 is 21.3 Å². The molecule has 0 amide bonds. The third-order valence-corrected chi connectivity index (χ3v) is 5.13. The lowest BCUT2D eigenvalue weighted by Gasteiger charge is -2.37. The fraction of sp³-hybridized carbons (Fsp3) is 0.417. The van der Waals surface area contributed by atoms with Crippen molar-refractivity contribution in [2.75, 3.05) is 36.0 Å². The topological polar surface area (TPSA) is 83.2 Å². The first kappa shape index (κ1) is 21.7. The van der Waals surface area contributed by atoms with Crippen molar-refractivity contribution in [1.82, 2.24) is 0 Å². The van der Waals surface area contributed by atoms with Crippen molar-refractivity contribution in [3.8, 4) is 0 Å². The van der Waals surface area contributed by atoms with Gasteiger partial charge in [0, 0.05) is 60.8 Å². The normalized spacial score (nSPS) is 15.9. The van der Waals surface area contributed by atoms with Gasteiger partial charge in [-0.2, -0.15) is 0 Å². The molecule has 0 radical (unpaired) electrons. The molecule has 1 heterocycles. The summed E-state index contributed by atoms with van der Waals surface area (Å²) in [6.45, 7) is 12.0. The minimum absolute atomic E-state index is 0.200. The Kier molecular flexibility index (Phi) is 6.98. The lowest BCUT2D eigenvalue weighted by atomic mass is 10.1. The van der Waals surface area contributed by atoms with Crippen LogP contribution in [0.4, 0.5) is 11.4 Å². The van der Waals surface area contributed by atoms with Crippen molar-refractivity contribution in [3.63, 3.8) is 0 Å². The van der Waals surface area contributed by atoms with Crippen molar-refractivity contribution in [3.05, 3.63) is 59.7 Å². The third-order valence-electron chi connectivity index (χ3n) is 5.13. The van der Waals surface area contributed by atoms with Crippen LogP contribution in [0.25, 0.3) is 0 Å². The maximum absolute atomic E-state index is 6.07. The highest BCUT2D eigenvalue weighted by Gasteiger charge is 2.18. The summed E-state index contributed by atoms with van der Waals surface area (Å²) >= 11 is 0. The predicted octanol–water partition coefficient (Wildman–Crippen LogP) is 3.24. The van der Waals surface area contributed by atoms with Crippen LogP contribution in [-0.2, 0) is 0 Å². The lowest BCUT2D eigenvalue weighted by molar-refractivity contribution is 0.653. The number of benzene rings is 2. The van der Waals surface area contributed by atoms with Gasteiger partial charge in [-0.3, -0.25) is 9.98 Å². The fourth-order valence-electron chi connectivity index (χ4n) is 3.61. The van der Waals surface area contributed by atoms with Gasteiger partial charge in [-0.15, -0.1) is 0 Å². The third kappa shape index (κ3) is 5.53. The van der Waals surface area contributed by atoms with Crippen LogP contribution < -0.4 is 21.3 Å². The fourth-order valence-corrected chi connectivity index (χ4v) is 3.61. The number of nitrogens with two attached hydrogens (primary N) is 2. The van der Waals surface area contributed by atoms with Crippen LogP contribution in [0.15, 0.2) is 58.5 Å². The Hall–Kier alpha value is -3.02. The van der Waals surface area contributed by atoms with Gasteiger partial charge in [-0.05, 0) is 76.2 Å². The molecule has 1 aliphatic rings. The van der Waals surface area contributed by atoms with E-state index in [1.165, 1.54) is 11.4 Å². The van der Waals surface area contributed by atoms with Gasteiger partial charge >= 0.3 is 0 Å². The maximum atomic E-state index is 6.07. The number of hydrogen-bond donors (Lipinski definition) is 2. The van der Waals surface area contributed by atoms with Crippen LogP contribution in [0.1, 0.15) is 38.8 Å². The van der Waals surface area contributed by atoms with Crippen molar-refractivity contribution in [2.45, 2.75) is 39.8 Å². The summed E-state index contributed by atoms with van der Waals surface area (Å²) in [5.41, 5.74) is 16.6. The Labute approximate surface area is 180 Å². The van der Waals surface area contributed by atoms with Gasteiger partial charge in [-0.25, -0.2) is 0 Å². The van der Waals surface area contributed by atoms with Crippen LogP contribution >= 0.6 is 0 Å². The molecule has 3 rings (SSSR count). The number of piperazine rings is 1. The van der Waals surface area contributed by atoms with E-state index in [0.717, 1.165) is 37.3 Å². The average molecular weight is 407 g/mol. The molecule has 6 nitrogen and oxygen atoms in total. The maximum Gasteiger partial charge on any atom is 0.125 e. The highest BCUT2D eigenvalue weighted by Crippen LogP contribution is 2.21. The number of aliphatic imine (C=N–C) groups is 2. The van der Waals surface area contributed by atoms with E-state index in [-0.39, 0.29) is 12.1 Å². The molecular formula is C24H34N6. The zero-order chi connectivity index (χ0) is 21.7. The number of anilines is 2. The quantitative estimate of drug-likeness (QED) is 0.570. The Bertz CT molecular complexity index is 797. The van der Waals surface area contributed by atoms with Crippen LogP contribution in [-0.4, -0.2) is 49.9 Å². The van der Waals surface area contributed by atoms with E-state index in [1.54, 1.807) is 0 Å². The molecule has 1 fully saturated rings. The molecule has 160 valence electrons. The molecule has 2 aromatic carbocycles. The number of hydrogen-bond acceptors (Lipinski definition) is 4. The summed E-state index contributed by atoms with van der Waals surface area (Å²) in [5, 5.41) is 0. The van der Waals surface area contributed by atoms with Crippen LogP contribution in [0.2, 0.25) is 0 Å². The summed E-state index contributed by atoms with van der Waals surface area (Å²) in [6.07, 6.45) is 0. The standard InChI is InChI=1S/C24H34N6/c1-17(2)27-23(25)19-5-9-21(10-6-19)29-13-15-30(16-14-29)22-11-7-20(8-12-22)24(26)28-18(3)4/h5-12,17-18H,13-16H2,1-4H3,(H2,25,27)(H2,26,28). The molecule has 0 aromatic heterocycles. The Morgan fingerprint density at radius 3 is 1.20 bits per heavy atom. The van der Waals surface area contributed by atoms with Crippen LogP contribution in [0, 0.1) is 0 Å². The van der Waals surface area contributed by atoms with Crippen LogP contribution in [0.5, 0.6) is 0 Å². The molecule has 1 aliphatic heterocycles. The molecule has 0 spiro atoms. The predicted molar refractivity (Wildman–Crippen MR) is 129 cm³/mol. The van der Waals surface area contributed by atoms with Gasteiger partial charge in [0.2, 0.25) is 0 Å². The second-order valence-corrected chi connectivity index (χ2v) is 8.28. The molecule has 0 saturated carbocycles. The van der Waals surface area contributed by atoms with E-state index in [4.69, 9.17) is 11.5 Å². The Balaban J connectivity index is 1.59.